The van der Waals surface area contributed by atoms with Crippen LogP contribution in [-0.2, 0) is 4.79 Å². The predicted molar refractivity (Wildman–Crippen MR) is 78.9 cm³/mol. The normalized spacial score (nSPS) is 23.6. The third-order valence-electron chi connectivity index (χ3n) is 4.41. The number of amides is 1. The molecule has 0 unspecified atom stereocenters. The van der Waals surface area contributed by atoms with Gasteiger partial charge in [-0.3, -0.25) is 4.79 Å². The van der Waals surface area contributed by atoms with Gasteiger partial charge in [0.25, 0.3) is 0 Å². The van der Waals surface area contributed by atoms with E-state index in [1.807, 2.05) is 18.7 Å². The second-order valence-corrected chi connectivity index (χ2v) is 6.21. The van der Waals surface area contributed by atoms with Crippen molar-refractivity contribution in [2.24, 2.45) is 11.8 Å². The summed E-state index contributed by atoms with van der Waals surface area (Å²) in [6, 6.07) is 0.192. The molecule has 0 radical (unpaired) electrons. The van der Waals surface area contributed by atoms with Crippen molar-refractivity contribution < 1.29 is 9.90 Å². The van der Waals surface area contributed by atoms with Crippen molar-refractivity contribution >= 4 is 5.91 Å². The minimum atomic E-state index is 0.0652. The predicted octanol–water partition coefficient (Wildman–Crippen LogP) is 3.21. The smallest absolute Gasteiger partial charge is 0.225 e. The molecule has 3 nitrogen and oxygen atoms in total. The highest BCUT2D eigenvalue weighted by molar-refractivity contribution is 5.79. The number of aliphatic hydroxyl groups excluding tert-OH is 1. The summed E-state index contributed by atoms with van der Waals surface area (Å²) in [5.41, 5.74) is 0. The monoisotopic (exact) mass is 269 g/mol. The molecule has 1 aliphatic carbocycles. The number of carbonyl (C=O) groups excluding carboxylic acids is 1. The van der Waals surface area contributed by atoms with Crippen LogP contribution in [0.25, 0.3) is 0 Å². The van der Waals surface area contributed by atoms with Crippen molar-refractivity contribution in [3.05, 3.63) is 0 Å². The van der Waals surface area contributed by atoms with Crippen LogP contribution >= 0.6 is 0 Å². The minimum absolute atomic E-state index is 0.0652. The molecule has 19 heavy (non-hydrogen) atoms. The Balaban J connectivity index is 2.42. The molecule has 0 saturated heterocycles. The van der Waals surface area contributed by atoms with E-state index in [9.17, 15) is 4.79 Å². The second kappa shape index (κ2) is 8.57. The summed E-state index contributed by atoms with van der Waals surface area (Å²) in [7, 11) is 0. The first-order chi connectivity index (χ1) is 9.10. The fourth-order valence-electron chi connectivity index (χ4n) is 3.16. The highest BCUT2D eigenvalue weighted by Crippen LogP contribution is 2.33. The van der Waals surface area contributed by atoms with Gasteiger partial charge in [-0.15, -0.1) is 0 Å². The molecule has 0 spiro atoms. The number of aliphatic hydroxyl groups is 1. The standard InChI is InChI=1S/C16H31NO2/c1-4-5-6-14-7-9-15(10-8-14)16(19)17(11-12-18)13(2)3/h13-15,18H,4-12H2,1-3H3. The molecule has 1 fully saturated rings. The van der Waals surface area contributed by atoms with Crippen LogP contribution in [0.5, 0.6) is 0 Å². The van der Waals surface area contributed by atoms with E-state index in [2.05, 4.69) is 6.92 Å². The van der Waals surface area contributed by atoms with E-state index in [4.69, 9.17) is 5.11 Å². The van der Waals surface area contributed by atoms with E-state index >= 15 is 0 Å². The number of hydrogen-bond donors (Lipinski definition) is 1. The zero-order chi connectivity index (χ0) is 14.3. The Labute approximate surface area is 118 Å². The zero-order valence-corrected chi connectivity index (χ0v) is 12.9. The van der Waals surface area contributed by atoms with Gasteiger partial charge in [-0.05, 0) is 45.4 Å². The van der Waals surface area contributed by atoms with Crippen LogP contribution in [0.1, 0.15) is 65.7 Å². The molecule has 3 heteroatoms. The van der Waals surface area contributed by atoms with Crippen LogP contribution in [0.4, 0.5) is 0 Å². The molecule has 0 aromatic carbocycles. The van der Waals surface area contributed by atoms with Gasteiger partial charge < -0.3 is 10.0 Å². The van der Waals surface area contributed by atoms with E-state index in [-0.39, 0.29) is 24.5 Å². The Bertz CT molecular complexity index is 257. The average molecular weight is 269 g/mol. The SMILES string of the molecule is CCCCC1CCC(C(=O)N(CCO)C(C)C)CC1. The molecule has 1 N–H and O–H groups in total. The third-order valence-corrected chi connectivity index (χ3v) is 4.41. The molecule has 0 aromatic rings. The van der Waals surface area contributed by atoms with Crippen LogP contribution in [0.15, 0.2) is 0 Å². The molecule has 1 aliphatic rings. The number of hydrogen-bond acceptors (Lipinski definition) is 2. The fraction of sp³-hybridized carbons (Fsp3) is 0.938. The molecule has 0 bridgehead atoms. The summed E-state index contributed by atoms with van der Waals surface area (Å²) in [4.78, 5) is 14.3. The lowest BCUT2D eigenvalue weighted by atomic mass is 9.79. The van der Waals surface area contributed by atoms with Gasteiger partial charge in [-0.25, -0.2) is 0 Å². The molecule has 1 rings (SSSR count). The molecule has 0 aromatic heterocycles. The topological polar surface area (TPSA) is 40.5 Å². The van der Waals surface area contributed by atoms with Gasteiger partial charge in [0.15, 0.2) is 0 Å². The number of nitrogens with zero attached hydrogens (tertiary/aromatic N) is 1. The van der Waals surface area contributed by atoms with Crippen molar-refractivity contribution in [2.75, 3.05) is 13.2 Å². The maximum absolute atomic E-state index is 12.5. The molecular formula is C16H31NO2. The summed E-state index contributed by atoms with van der Waals surface area (Å²) in [5.74, 6) is 1.30. The molecule has 1 saturated carbocycles. The van der Waals surface area contributed by atoms with E-state index in [0.29, 0.717) is 6.54 Å². The summed E-state index contributed by atoms with van der Waals surface area (Å²) in [5, 5.41) is 9.08. The Morgan fingerprint density at radius 2 is 1.89 bits per heavy atom. The Kier molecular flexibility index (Phi) is 7.44. The van der Waals surface area contributed by atoms with E-state index in [1.165, 1.54) is 32.1 Å². The minimum Gasteiger partial charge on any atom is -0.395 e. The molecule has 0 heterocycles. The van der Waals surface area contributed by atoms with E-state index in [0.717, 1.165) is 18.8 Å². The Hall–Kier alpha value is -0.570. The van der Waals surface area contributed by atoms with Crippen molar-refractivity contribution in [3.63, 3.8) is 0 Å². The van der Waals surface area contributed by atoms with Gasteiger partial charge in [-0.1, -0.05) is 26.2 Å². The van der Waals surface area contributed by atoms with Gasteiger partial charge in [0.2, 0.25) is 5.91 Å². The van der Waals surface area contributed by atoms with Gasteiger partial charge in [-0.2, -0.15) is 0 Å². The van der Waals surface area contributed by atoms with E-state index < -0.39 is 0 Å². The van der Waals surface area contributed by atoms with E-state index in [1.54, 1.807) is 0 Å². The van der Waals surface area contributed by atoms with Gasteiger partial charge in [0, 0.05) is 18.5 Å². The number of unbranched alkanes of at least 4 members (excludes halogenated alkanes) is 1. The quantitative estimate of drug-likeness (QED) is 0.771. The van der Waals surface area contributed by atoms with Crippen molar-refractivity contribution in [2.45, 2.75) is 71.8 Å². The number of rotatable bonds is 7. The van der Waals surface area contributed by atoms with Gasteiger partial charge >= 0.3 is 0 Å². The summed E-state index contributed by atoms with van der Waals surface area (Å²) >= 11 is 0. The molecule has 1 amide bonds. The van der Waals surface area contributed by atoms with Crippen LogP contribution in [0.3, 0.4) is 0 Å². The summed E-state index contributed by atoms with van der Waals surface area (Å²) in [6.07, 6.45) is 8.44. The lowest BCUT2D eigenvalue weighted by Crippen LogP contribution is -2.43. The van der Waals surface area contributed by atoms with Gasteiger partial charge in [0.05, 0.1) is 6.61 Å². The second-order valence-electron chi connectivity index (χ2n) is 6.21. The lowest BCUT2D eigenvalue weighted by Gasteiger charge is -2.34. The van der Waals surface area contributed by atoms with Crippen molar-refractivity contribution in [3.8, 4) is 0 Å². The lowest BCUT2D eigenvalue weighted by molar-refractivity contribution is -0.139. The Morgan fingerprint density at radius 1 is 1.26 bits per heavy atom. The summed E-state index contributed by atoms with van der Waals surface area (Å²) in [6.45, 7) is 6.84. The summed E-state index contributed by atoms with van der Waals surface area (Å²) < 4.78 is 0. The molecule has 0 aliphatic heterocycles. The Morgan fingerprint density at radius 3 is 2.37 bits per heavy atom. The van der Waals surface area contributed by atoms with Crippen LogP contribution in [0, 0.1) is 11.8 Å². The van der Waals surface area contributed by atoms with Crippen LogP contribution in [0.2, 0.25) is 0 Å². The molecule has 0 atom stereocenters. The largest absolute Gasteiger partial charge is 0.395 e. The first-order valence-corrected chi connectivity index (χ1v) is 8.01. The molecular weight excluding hydrogens is 238 g/mol. The number of carbonyl (C=O) groups is 1. The fourth-order valence-corrected chi connectivity index (χ4v) is 3.16. The first kappa shape index (κ1) is 16.5. The van der Waals surface area contributed by atoms with Crippen molar-refractivity contribution in [1.82, 2.24) is 4.90 Å². The van der Waals surface area contributed by atoms with Crippen LogP contribution in [-0.4, -0.2) is 35.1 Å². The zero-order valence-electron chi connectivity index (χ0n) is 12.9. The maximum Gasteiger partial charge on any atom is 0.225 e. The first-order valence-electron chi connectivity index (χ1n) is 8.01. The van der Waals surface area contributed by atoms with Gasteiger partial charge in [0.1, 0.15) is 0 Å². The third kappa shape index (κ3) is 5.13. The van der Waals surface area contributed by atoms with Crippen molar-refractivity contribution in [1.29, 1.82) is 0 Å². The highest BCUT2D eigenvalue weighted by Gasteiger charge is 2.29. The highest BCUT2D eigenvalue weighted by atomic mass is 16.3. The average Bonchev–Trinajstić information content (AvgIpc) is 2.42. The molecule has 112 valence electrons. The maximum atomic E-state index is 12.5. The van der Waals surface area contributed by atoms with Crippen LogP contribution < -0.4 is 0 Å².